The fourth-order valence-corrected chi connectivity index (χ4v) is 2.78. The Hall–Kier alpha value is -2.54. The maximum absolute atomic E-state index is 11.9. The van der Waals surface area contributed by atoms with Crippen molar-refractivity contribution in [1.29, 1.82) is 0 Å². The van der Waals surface area contributed by atoms with Gasteiger partial charge in [0.25, 0.3) is 0 Å². The molecule has 7 heteroatoms. The molecule has 0 saturated heterocycles. The number of halogens is 1. The SMILES string of the molecule is COc1ccc(/C=N\NC(=O)Cc2ccc3c(c2)OCO3)cc1Br. The average molecular weight is 391 g/mol. The van der Waals surface area contributed by atoms with Crippen LogP contribution < -0.4 is 19.6 Å². The minimum absolute atomic E-state index is 0.209. The van der Waals surface area contributed by atoms with Crippen LogP contribution in [0.4, 0.5) is 0 Å². The van der Waals surface area contributed by atoms with E-state index in [0.29, 0.717) is 11.5 Å². The number of amides is 1. The van der Waals surface area contributed by atoms with E-state index >= 15 is 0 Å². The predicted octanol–water partition coefficient (Wildman–Crippen LogP) is 2.88. The van der Waals surface area contributed by atoms with E-state index in [-0.39, 0.29) is 19.1 Å². The number of hydrazone groups is 1. The summed E-state index contributed by atoms with van der Waals surface area (Å²) in [6, 6.07) is 10.9. The van der Waals surface area contributed by atoms with E-state index in [2.05, 4.69) is 26.5 Å². The van der Waals surface area contributed by atoms with E-state index in [9.17, 15) is 4.79 Å². The van der Waals surface area contributed by atoms with Crippen LogP contribution in [0.2, 0.25) is 0 Å². The van der Waals surface area contributed by atoms with Crippen LogP contribution in [-0.2, 0) is 11.2 Å². The molecule has 1 aliphatic rings. The van der Waals surface area contributed by atoms with Crippen LogP contribution in [-0.4, -0.2) is 26.0 Å². The van der Waals surface area contributed by atoms with Crippen LogP contribution in [0.5, 0.6) is 17.2 Å². The van der Waals surface area contributed by atoms with Crippen molar-refractivity contribution in [2.75, 3.05) is 13.9 Å². The molecule has 6 nitrogen and oxygen atoms in total. The number of hydrogen-bond donors (Lipinski definition) is 1. The molecule has 1 aliphatic heterocycles. The van der Waals surface area contributed by atoms with Crippen molar-refractivity contribution in [3.8, 4) is 17.2 Å². The first kappa shape index (κ1) is 16.3. The van der Waals surface area contributed by atoms with E-state index in [1.807, 2.05) is 24.3 Å². The standard InChI is InChI=1S/C17H15BrN2O4/c1-22-14-4-3-12(6-13(14)18)9-19-20-17(21)8-11-2-5-15-16(7-11)24-10-23-15/h2-7,9H,8,10H2,1H3,(H,20,21)/b19-9-. The Labute approximate surface area is 147 Å². The average Bonchev–Trinajstić information content (AvgIpc) is 3.02. The molecule has 1 amide bonds. The highest BCUT2D eigenvalue weighted by atomic mass is 79.9. The third-order valence-corrected chi connectivity index (χ3v) is 4.00. The van der Waals surface area contributed by atoms with Crippen molar-refractivity contribution in [1.82, 2.24) is 5.43 Å². The van der Waals surface area contributed by atoms with Gasteiger partial charge in [0, 0.05) is 0 Å². The van der Waals surface area contributed by atoms with Gasteiger partial charge in [0.05, 0.1) is 24.2 Å². The molecule has 0 fully saturated rings. The highest BCUT2D eigenvalue weighted by Crippen LogP contribution is 2.32. The predicted molar refractivity (Wildman–Crippen MR) is 92.7 cm³/mol. The Morgan fingerprint density at radius 3 is 2.92 bits per heavy atom. The fraction of sp³-hybridized carbons (Fsp3) is 0.176. The summed E-state index contributed by atoms with van der Waals surface area (Å²) < 4.78 is 16.5. The Balaban J connectivity index is 1.56. The van der Waals surface area contributed by atoms with Gasteiger partial charge in [-0.3, -0.25) is 4.79 Å². The van der Waals surface area contributed by atoms with Gasteiger partial charge >= 0.3 is 0 Å². The molecule has 0 unspecified atom stereocenters. The Morgan fingerprint density at radius 1 is 1.29 bits per heavy atom. The first-order chi connectivity index (χ1) is 11.7. The van der Waals surface area contributed by atoms with Gasteiger partial charge in [-0.05, 0) is 57.4 Å². The molecule has 3 rings (SSSR count). The van der Waals surface area contributed by atoms with E-state index in [0.717, 1.165) is 21.3 Å². The van der Waals surface area contributed by atoms with Gasteiger partial charge in [0.2, 0.25) is 12.7 Å². The quantitative estimate of drug-likeness (QED) is 0.629. The highest BCUT2D eigenvalue weighted by molar-refractivity contribution is 9.10. The number of nitrogens with zero attached hydrogens (tertiary/aromatic N) is 1. The zero-order valence-electron chi connectivity index (χ0n) is 12.9. The molecule has 0 radical (unpaired) electrons. The summed E-state index contributed by atoms with van der Waals surface area (Å²) >= 11 is 3.40. The van der Waals surface area contributed by atoms with Gasteiger partial charge in [-0.1, -0.05) is 6.07 Å². The monoisotopic (exact) mass is 390 g/mol. The van der Waals surface area contributed by atoms with Crippen LogP contribution in [0, 0.1) is 0 Å². The first-order valence-electron chi connectivity index (χ1n) is 7.19. The topological polar surface area (TPSA) is 69.2 Å². The van der Waals surface area contributed by atoms with Crippen LogP contribution >= 0.6 is 15.9 Å². The number of ether oxygens (including phenoxy) is 3. The van der Waals surface area contributed by atoms with Crippen molar-refractivity contribution >= 4 is 28.1 Å². The summed E-state index contributed by atoms with van der Waals surface area (Å²) in [5, 5.41) is 3.96. The minimum atomic E-state index is -0.210. The molecule has 24 heavy (non-hydrogen) atoms. The number of hydrogen-bond acceptors (Lipinski definition) is 5. The molecule has 0 spiro atoms. The van der Waals surface area contributed by atoms with E-state index in [4.69, 9.17) is 14.2 Å². The molecular weight excluding hydrogens is 376 g/mol. The van der Waals surface area contributed by atoms with Crippen molar-refractivity contribution in [2.45, 2.75) is 6.42 Å². The molecule has 124 valence electrons. The zero-order chi connectivity index (χ0) is 16.9. The normalized spacial score (nSPS) is 12.4. The van der Waals surface area contributed by atoms with E-state index < -0.39 is 0 Å². The summed E-state index contributed by atoms with van der Waals surface area (Å²) in [6.07, 6.45) is 1.78. The lowest BCUT2D eigenvalue weighted by Gasteiger charge is -2.04. The largest absolute Gasteiger partial charge is 0.496 e. The number of methoxy groups -OCH3 is 1. The van der Waals surface area contributed by atoms with E-state index in [1.165, 1.54) is 0 Å². The Kier molecular flexibility index (Phi) is 5.00. The van der Waals surface area contributed by atoms with Gasteiger partial charge in [-0.15, -0.1) is 0 Å². The first-order valence-corrected chi connectivity index (χ1v) is 7.99. The van der Waals surface area contributed by atoms with Crippen molar-refractivity contribution in [3.05, 3.63) is 52.0 Å². The van der Waals surface area contributed by atoms with Crippen LogP contribution in [0.15, 0.2) is 46.0 Å². The summed E-state index contributed by atoms with van der Waals surface area (Å²) in [6.45, 7) is 0.215. The molecule has 0 atom stereocenters. The molecular formula is C17H15BrN2O4. The Morgan fingerprint density at radius 2 is 2.12 bits per heavy atom. The summed E-state index contributed by atoms with van der Waals surface area (Å²) in [7, 11) is 1.60. The highest BCUT2D eigenvalue weighted by Gasteiger charge is 2.14. The molecule has 1 heterocycles. The second-order valence-corrected chi connectivity index (χ2v) is 5.91. The van der Waals surface area contributed by atoms with Gasteiger partial charge in [0.1, 0.15) is 5.75 Å². The third-order valence-electron chi connectivity index (χ3n) is 3.38. The maximum atomic E-state index is 11.9. The molecule has 2 aromatic carbocycles. The number of carbonyl (C=O) groups is 1. The van der Waals surface area contributed by atoms with Crippen molar-refractivity contribution in [2.24, 2.45) is 5.10 Å². The number of nitrogens with one attached hydrogen (secondary N) is 1. The molecule has 0 aliphatic carbocycles. The summed E-state index contributed by atoms with van der Waals surface area (Å²) in [5.41, 5.74) is 4.18. The maximum Gasteiger partial charge on any atom is 0.244 e. The van der Waals surface area contributed by atoms with Gasteiger partial charge in [-0.2, -0.15) is 5.10 Å². The van der Waals surface area contributed by atoms with Crippen LogP contribution in [0.1, 0.15) is 11.1 Å². The van der Waals surface area contributed by atoms with Crippen molar-refractivity contribution in [3.63, 3.8) is 0 Å². The lowest BCUT2D eigenvalue weighted by Crippen LogP contribution is -2.19. The minimum Gasteiger partial charge on any atom is -0.496 e. The summed E-state index contributed by atoms with van der Waals surface area (Å²) in [5.74, 6) is 1.88. The second-order valence-electron chi connectivity index (χ2n) is 5.05. The molecule has 0 bridgehead atoms. The number of carbonyl (C=O) groups excluding carboxylic acids is 1. The van der Waals surface area contributed by atoms with Gasteiger partial charge in [0.15, 0.2) is 11.5 Å². The summed E-state index contributed by atoms with van der Waals surface area (Å²) in [4.78, 5) is 11.9. The smallest absolute Gasteiger partial charge is 0.244 e. The number of rotatable bonds is 5. The molecule has 2 aromatic rings. The molecule has 0 saturated carbocycles. The van der Waals surface area contributed by atoms with Gasteiger partial charge in [-0.25, -0.2) is 5.43 Å². The lowest BCUT2D eigenvalue weighted by molar-refractivity contribution is -0.120. The molecule has 1 N–H and O–H groups in total. The molecule has 0 aromatic heterocycles. The third kappa shape index (κ3) is 3.86. The van der Waals surface area contributed by atoms with Gasteiger partial charge < -0.3 is 14.2 Å². The zero-order valence-corrected chi connectivity index (χ0v) is 14.5. The Bertz CT molecular complexity index is 792. The van der Waals surface area contributed by atoms with E-state index in [1.54, 1.807) is 25.5 Å². The lowest BCUT2D eigenvalue weighted by atomic mass is 10.1. The van der Waals surface area contributed by atoms with Crippen LogP contribution in [0.25, 0.3) is 0 Å². The number of benzene rings is 2. The number of fused-ring (bicyclic) bond motifs is 1. The second kappa shape index (κ2) is 7.35. The fourth-order valence-electron chi connectivity index (χ4n) is 2.22. The van der Waals surface area contributed by atoms with Crippen molar-refractivity contribution < 1.29 is 19.0 Å². The van der Waals surface area contributed by atoms with Crippen LogP contribution in [0.3, 0.4) is 0 Å².